The summed E-state index contributed by atoms with van der Waals surface area (Å²) in [6.07, 6.45) is 1.60. The first-order chi connectivity index (χ1) is 12.1. The summed E-state index contributed by atoms with van der Waals surface area (Å²) >= 11 is 3.29. The van der Waals surface area contributed by atoms with E-state index in [4.69, 9.17) is 9.47 Å². The minimum Gasteiger partial charge on any atom is -0.507 e. The van der Waals surface area contributed by atoms with Crippen molar-refractivity contribution in [3.63, 3.8) is 0 Å². The van der Waals surface area contributed by atoms with Crippen LogP contribution in [0.5, 0.6) is 17.2 Å². The SMILES string of the molecule is O=C1C(Br)=CC2(Oc3cccc4cccc(c34)O2)c2cccc(O)c21. The van der Waals surface area contributed by atoms with Gasteiger partial charge in [0.25, 0.3) is 0 Å². The van der Waals surface area contributed by atoms with Crippen LogP contribution in [0.25, 0.3) is 10.8 Å². The summed E-state index contributed by atoms with van der Waals surface area (Å²) in [7, 11) is 0. The largest absolute Gasteiger partial charge is 0.507 e. The summed E-state index contributed by atoms with van der Waals surface area (Å²) in [5.74, 6) is -0.387. The second-order valence-corrected chi connectivity index (χ2v) is 6.86. The van der Waals surface area contributed by atoms with Crippen LogP contribution in [0, 0.1) is 0 Å². The zero-order valence-electron chi connectivity index (χ0n) is 12.8. The highest BCUT2D eigenvalue weighted by atomic mass is 79.9. The Bertz CT molecular complexity index is 1060. The zero-order valence-corrected chi connectivity index (χ0v) is 14.4. The number of carbonyl (C=O) groups is 1. The average Bonchev–Trinajstić information content (AvgIpc) is 2.60. The molecule has 0 bridgehead atoms. The first kappa shape index (κ1) is 14.5. The minimum absolute atomic E-state index is 0.101. The van der Waals surface area contributed by atoms with Crippen LogP contribution in [0.2, 0.25) is 0 Å². The van der Waals surface area contributed by atoms with E-state index in [1.165, 1.54) is 6.07 Å². The number of allylic oxidation sites excluding steroid dienone is 1. The van der Waals surface area contributed by atoms with Gasteiger partial charge in [0.05, 0.1) is 21.0 Å². The van der Waals surface area contributed by atoms with Gasteiger partial charge in [-0.05, 0) is 45.6 Å². The van der Waals surface area contributed by atoms with Crippen molar-refractivity contribution in [3.8, 4) is 17.2 Å². The van der Waals surface area contributed by atoms with Crippen molar-refractivity contribution >= 4 is 32.5 Å². The fourth-order valence-corrected chi connectivity index (χ4v) is 3.96. The monoisotopic (exact) mass is 394 g/mol. The number of ether oxygens (including phenoxy) is 2. The molecule has 5 heteroatoms. The Labute approximate surface area is 151 Å². The molecule has 4 nitrogen and oxygen atoms in total. The Morgan fingerprint density at radius 3 is 2.24 bits per heavy atom. The number of rotatable bonds is 0. The predicted molar refractivity (Wildman–Crippen MR) is 96.3 cm³/mol. The molecule has 122 valence electrons. The molecule has 2 aliphatic rings. The lowest BCUT2D eigenvalue weighted by molar-refractivity contribution is -0.0842. The summed E-state index contributed by atoms with van der Waals surface area (Å²) < 4.78 is 12.8. The molecule has 1 spiro atoms. The molecule has 3 aromatic rings. The number of Topliss-reactive ketones (excluding diaryl/α,β-unsaturated/α-hetero) is 1. The van der Waals surface area contributed by atoms with E-state index in [2.05, 4.69) is 15.9 Å². The molecule has 0 saturated heterocycles. The van der Waals surface area contributed by atoms with Gasteiger partial charge in [-0.15, -0.1) is 0 Å². The molecule has 1 heterocycles. The zero-order chi connectivity index (χ0) is 17.2. The summed E-state index contributed by atoms with van der Waals surface area (Å²) in [4.78, 5) is 12.5. The van der Waals surface area contributed by atoms with Crippen molar-refractivity contribution in [1.29, 1.82) is 0 Å². The number of carbonyl (C=O) groups excluding carboxylic acids is 1. The highest BCUT2D eigenvalue weighted by Gasteiger charge is 2.46. The van der Waals surface area contributed by atoms with Crippen molar-refractivity contribution in [2.45, 2.75) is 5.79 Å². The maximum absolute atomic E-state index is 12.5. The molecule has 0 atom stereocenters. The summed E-state index contributed by atoms with van der Waals surface area (Å²) in [6.45, 7) is 0. The Morgan fingerprint density at radius 1 is 0.920 bits per heavy atom. The van der Waals surface area contributed by atoms with Crippen LogP contribution in [0.3, 0.4) is 0 Å². The van der Waals surface area contributed by atoms with E-state index in [9.17, 15) is 9.90 Å². The maximum atomic E-state index is 12.5. The number of hydrogen-bond acceptors (Lipinski definition) is 4. The number of phenols is 1. The van der Waals surface area contributed by atoms with Gasteiger partial charge in [-0.25, -0.2) is 0 Å². The van der Waals surface area contributed by atoms with Gasteiger partial charge < -0.3 is 14.6 Å². The topological polar surface area (TPSA) is 55.8 Å². The number of phenolic OH excluding ortho intramolecular Hbond substituents is 1. The van der Waals surface area contributed by atoms with Crippen LogP contribution < -0.4 is 9.47 Å². The van der Waals surface area contributed by atoms with Crippen molar-refractivity contribution in [3.05, 3.63) is 76.3 Å². The van der Waals surface area contributed by atoms with E-state index in [0.717, 1.165) is 10.8 Å². The molecule has 1 N–H and O–H groups in total. The second-order valence-electron chi connectivity index (χ2n) is 6.00. The van der Waals surface area contributed by atoms with Crippen LogP contribution in [-0.2, 0) is 5.79 Å². The lowest BCUT2D eigenvalue weighted by Crippen LogP contribution is -2.43. The van der Waals surface area contributed by atoms with Gasteiger partial charge in [0.2, 0.25) is 5.78 Å². The number of ketones is 1. The molecule has 0 unspecified atom stereocenters. The fraction of sp³-hybridized carbons (Fsp3) is 0.0500. The summed E-state index contributed by atoms with van der Waals surface area (Å²) in [5.41, 5.74) is 0.663. The molecule has 0 radical (unpaired) electrons. The van der Waals surface area contributed by atoms with E-state index in [0.29, 0.717) is 17.1 Å². The Hall–Kier alpha value is -2.79. The molecular formula is C20H11BrO4. The number of benzene rings is 3. The fourth-order valence-electron chi connectivity index (χ4n) is 3.46. The first-order valence-electron chi connectivity index (χ1n) is 7.74. The van der Waals surface area contributed by atoms with Gasteiger partial charge in [-0.1, -0.05) is 30.3 Å². The minimum atomic E-state index is -1.32. The number of halogens is 1. The van der Waals surface area contributed by atoms with E-state index in [1.807, 2.05) is 36.4 Å². The Balaban J connectivity index is 1.81. The molecule has 5 rings (SSSR count). The van der Waals surface area contributed by atoms with Crippen LogP contribution in [0.1, 0.15) is 15.9 Å². The molecule has 0 amide bonds. The molecule has 0 aromatic heterocycles. The van der Waals surface area contributed by atoms with Gasteiger partial charge in [0, 0.05) is 6.08 Å². The van der Waals surface area contributed by atoms with Gasteiger partial charge in [0.1, 0.15) is 17.2 Å². The number of fused-ring (bicyclic) bond motifs is 2. The quantitative estimate of drug-likeness (QED) is 0.603. The molecular weight excluding hydrogens is 384 g/mol. The van der Waals surface area contributed by atoms with Crippen molar-refractivity contribution in [2.75, 3.05) is 0 Å². The lowest BCUT2D eigenvalue weighted by Gasteiger charge is -2.39. The summed E-state index contributed by atoms with van der Waals surface area (Å²) in [6, 6.07) is 16.4. The van der Waals surface area contributed by atoms with Gasteiger partial charge in [-0.3, -0.25) is 4.79 Å². The normalized spacial score (nSPS) is 16.8. The third-order valence-electron chi connectivity index (χ3n) is 4.53. The Kier molecular flexibility index (Phi) is 2.83. The van der Waals surface area contributed by atoms with Crippen LogP contribution in [0.4, 0.5) is 0 Å². The number of hydrogen-bond donors (Lipinski definition) is 1. The molecule has 3 aromatic carbocycles. The van der Waals surface area contributed by atoms with E-state index in [-0.39, 0.29) is 21.6 Å². The molecule has 25 heavy (non-hydrogen) atoms. The van der Waals surface area contributed by atoms with Crippen LogP contribution in [-0.4, -0.2) is 10.9 Å². The molecule has 0 saturated carbocycles. The average molecular weight is 395 g/mol. The molecule has 1 aliphatic heterocycles. The standard InChI is InChI=1S/C20H11BrO4/c21-13-10-20(12-6-3-7-14(22)18(12)19(13)23)24-15-8-1-4-11-5-2-9-16(25-20)17(11)15/h1-10,22H. The van der Waals surface area contributed by atoms with Crippen molar-refractivity contribution < 1.29 is 19.4 Å². The van der Waals surface area contributed by atoms with Gasteiger partial charge in [-0.2, -0.15) is 0 Å². The van der Waals surface area contributed by atoms with E-state index >= 15 is 0 Å². The first-order valence-corrected chi connectivity index (χ1v) is 8.54. The molecule has 1 aliphatic carbocycles. The second kappa shape index (κ2) is 4.86. The smallest absolute Gasteiger partial charge is 0.300 e. The van der Waals surface area contributed by atoms with Gasteiger partial charge in [0.15, 0.2) is 0 Å². The number of aromatic hydroxyl groups is 1. The van der Waals surface area contributed by atoms with Gasteiger partial charge >= 0.3 is 5.79 Å². The van der Waals surface area contributed by atoms with E-state index < -0.39 is 5.79 Å². The van der Waals surface area contributed by atoms with Crippen LogP contribution >= 0.6 is 15.9 Å². The van der Waals surface area contributed by atoms with Crippen LogP contribution in [0.15, 0.2) is 65.2 Å². The lowest BCUT2D eigenvalue weighted by atomic mass is 9.89. The maximum Gasteiger partial charge on any atom is 0.300 e. The highest BCUT2D eigenvalue weighted by molar-refractivity contribution is 9.12. The van der Waals surface area contributed by atoms with E-state index in [1.54, 1.807) is 18.2 Å². The van der Waals surface area contributed by atoms with Crippen molar-refractivity contribution in [2.24, 2.45) is 0 Å². The highest BCUT2D eigenvalue weighted by Crippen LogP contribution is 2.49. The molecule has 0 fully saturated rings. The third kappa shape index (κ3) is 1.90. The summed E-state index contributed by atoms with van der Waals surface area (Å²) in [5, 5.41) is 12.1. The Morgan fingerprint density at radius 2 is 1.56 bits per heavy atom. The van der Waals surface area contributed by atoms with Crippen molar-refractivity contribution in [1.82, 2.24) is 0 Å². The predicted octanol–water partition coefficient (Wildman–Crippen LogP) is 4.64. The third-order valence-corrected chi connectivity index (χ3v) is 5.12.